The molecule has 0 spiro atoms. The summed E-state index contributed by atoms with van der Waals surface area (Å²) in [5, 5.41) is 8.78. The van der Waals surface area contributed by atoms with Gasteiger partial charge in [-0.05, 0) is 55.0 Å². The van der Waals surface area contributed by atoms with E-state index < -0.39 is 34.4 Å². The topological polar surface area (TPSA) is 86.7 Å². The highest BCUT2D eigenvalue weighted by Crippen LogP contribution is 2.34. The molecule has 1 heterocycles. The Balaban J connectivity index is 1.77. The predicted octanol–water partition coefficient (Wildman–Crippen LogP) is 2.95. The van der Waals surface area contributed by atoms with Gasteiger partial charge in [0.25, 0.3) is 5.91 Å². The van der Waals surface area contributed by atoms with Crippen molar-refractivity contribution in [2.24, 2.45) is 5.92 Å². The molecule has 2 aliphatic rings. The quantitative estimate of drug-likeness (QED) is 0.570. The molecule has 1 aliphatic carbocycles. The zero-order chi connectivity index (χ0) is 21.2. The van der Waals surface area contributed by atoms with Crippen LogP contribution in [0.4, 0.5) is 13.2 Å². The molecule has 2 N–H and O–H groups in total. The van der Waals surface area contributed by atoms with Crippen LogP contribution in [-0.2, 0) is 22.9 Å². The number of alkyl halides is 3. The van der Waals surface area contributed by atoms with Crippen LogP contribution in [0.2, 0.25) is 0 Å². The lowest BCUT2D eigenvalue weighted by Gasteiger charge is -2.27. The average Bonchev–Trinajstić information content (AvgIpc) is 2.67. The zero-order valence-electron chi connectivity index (χ0n) is 15.4. The molecular formula is C19H21F3N2O4S. The Morgan fingerprint density at radius 1 is 1.17 bits per heavy atom. The largest absolute Gasteiger partial charge is 0.395 e. The van der Waals surface area contributed by atoms with Gasteiger partial charge in [0.1, 0.15) is 0 Å². The highest BCUT2D eigenvalue weighted by atomic mass is 32.2. The summed E-state index contributed by atoms with van der Waals surface area (Å²) in [5.74, 6) is -2.33. The van der Waals surface area contributed by atoms with Gasteiger partial charge in [0.15, 0.2) is 0 Å². The van der Waals surface area contributed by atoms with Crippen molar-refractivity contribution < 1.29 is 31.6 Å². The predicted molar refractivity (Wildman–Crippen MR) is 99.6 cm³/mol. The van der Waals surface area contributed by atoms with Gasteiger partial charge < -0.3 is 0 Å². The van der Waals surface area contributed by atoms with Crippen molar-refractivity contribution in [1.29, 1.82) is 0 Å². The molecule has 0 bridgehead atoms. The Kier molecular flexibility index (Phi) is 6.16. The standard InChI is InChI=1S/C19H21F3N2O4S/c20-19(21,22)16-5-7-17(8-6-16)29(27,28)24-10-1-2-13-3-4-15(18(25)23-26)12-14(13)9-11-24/h3-5,7-8,12,16,26H,1-2,6,9-11H2,(H,23,25). The molecule has 0 radical (unpaired) electrons. The molecule has 29 heavy (non-hydrogen) atoms. The highest BCUT2D eigenvalue weighted by Gasteiger charge is 2.39. The van der Waals surface area contributed by atoms with Gasteiger partial charge in [-0.15, -0.1) is 0 Å². The summed E-state index contributed by atoms with van der Waals surface area (Å²) in [6.45, 7) is 0.405. The molecule has 1 amide bonds. The van der Waals surface area contributed by atoms with E-state index in [-0.39, 0.29) is 23.6 Å². The fraction of sp³-hybridized carbons (Fsp3) is 0.421. The molecule has 1 atom stereocenters. The molecule has 158 valence electrons. The summed E-state index contributed by atoms with van der Waals surface area (Å²) in [5.41, 5.74) is 3.63. The van der Waals surface area contributed by atoms with Crippen molar-refractivity contribution in [1.82, 2.24) is 9.79 Å². The average molecular weight is 430 g/mol. The summed E-state index contributed by atoms with van der Waals surface area (Å²) in [6.07, 6.45) is -0.240. The number of rotatable bonds is 3. The smallest absolute Gasteiger partial charge is 0.288 e. The van der Waals surface area contributed by atoms with Gasteiger partial charge in [-0.3, -0.25) is 10.0 Å². The number of benzene rings is 1. The van der Waals surface area contributed by atoms with Gasteiger partial charge in [-0.1, -0.05) is 18.2 Å². The van der Waals surface area contributed by atoms with E-state index in [1.165, 1.54) is 4.31 Å². The molecule has 1 unspecified atom stereocenters. The van der Waals surface area contributed by atoms with Crippen molar-refractivity contribution in [3.05, 3.63) is 58.0 Å². The number of carbonyl (C=O) groups excluding carboxylic acids is 1. The van der Waals surface area contributed by atoms with E-state index in [2.05, 4.69) is 0 Å². The first-order valence-corrected chi connectivity index (χ1v) is 10.6. The molecule has 0 aromatic heterocycles. The monoisotopic (exact) mass is 430 g/mol. The molecule has 10 heteroatoms. The Morgan fingerprint density at radius 3 is 2.55 bits per heavy atom. The first-order chi connectivity index (χ1) is 13.6. The third-order valence-corrected chi connectivity index (χ3v) is 7.12. The van der Waals surface area contributed by atoms with Crippen molar-refractivity contribution >= 4 is 15.9 Å². The Labute approximate surface area is 166 Å². The molecule has 0 fully saturated rings. The number of hydrogen-bond donors (Lipinski definition) is 2. The van der Waals surface area contributed by atoms with E-state index in [0.29, 0.717) is 19.3 Å². The minimum atomic E-state index is -4.40. The first-order valence-electron chi connectivity index (χ1n) is 9.14. The van der Waals surface area contributed by atoms with Crippen molar-refractivity contribution in [3.8, 4) is 0 Å². The van der Waals surface area contributed by atoms with Crippen molar-refractivity contribution in [2.75, 3.05) is 13.1 Å². The lowest BCUT2D eigenvalue weighted by atomic mass is 9.96. The summed E-state index contributed by atoms with van der Waals surface area (Å²) in [7, 11) is -3.91. The van der Waals surface area contributed by atoms with E-state index in [4.69, 9.17) is 5.21 Å². The minimum Gasteiger partial charge on any atom is -0.288 e. The van der Waals surface area contributed by atoms with E-state index in [0.717, 1.165) is 29.4 Å². The lowest BCUT2D eigenvalue weighted by molar-refractivity contribution is -0.160. The molecule has 0 saturated carbocycles. The molecular weight excluding hydrogens is 409 g/mol. The molecule has 1 aliphatic heterocycles. The molecule has 6 nitrogen and oxygen atoms in total. The first kappa shape index (κ1) is 21.5. The van der Waals surface area contributed by atoms with Crippen LogP contribution in [0, 0.1) is 5.92 Å². The van der Waals surface area contributed by atoms with Gasteiger partial charge in [0, 0.05) is 18.7 Å². The fourth-order valence-electron chi connectivity index (χ4n) is 3.54. The van der Waals surface area contributed by atoms with Crippen LogP contribution in [0.25, 0.3) is 0 Å². The number of carbonyl (C=O) groups is 1. The van der Waals surface area contributed by atoms with Crippen molar-refractivity contribution in [2.45, 2.75) is 31.9 Å². The van der Waals surface area contributed by atoms with E-state index >= 15 is 0 Å². The number of allylic oxidation sites excluding steroid dienone is 3. The second kappa shape index (κ2) is 8.29. The van der Waals surface area contributed by atoms with Crippen LogP contribution in [0.5, 0.6) is 0 Å². The SMILES string of the molecule is O=C(NO)c1ccc2c(c1)CCN(S(=O)(=O)C1=CCC(C(F)(F)F)C=C1)CCC2. The van der Waals surface area contributed by atoms with Crippen LogP contribution in [0.15, 0.2) is 41.3 Å². The van der Waals surface area contributed by atoms with Crippen molar-refractivity contribution in [3.63, 3.8) is 0 Å². The summed E-state index contributed by atoms with van der Waals surface area (Å²) >= 11 is 0. The van der Waals surface area contributed by atoms with E-state index in [9.17, 15) is 26.4 Å². The van der Waals surface area contributed by atoms with Crippen LogP contribution in [-0.4, -0.2) is 43.1 Å². The number of amides is 1. The number of nitrogens with zero attached hydrogens (tertiary/aromatic N) is 1. The Hall–Kier alpha value is -2.17. The number of halogens is 3. The number of nitrogens with one attached hydrogen (secondary N) is 1. The van der Waals surface area contributed by atoms with E-state index in [1.807, 2.05) is 0 Å². The highest BCUT2D eigenvalue weighted by molar-refractivity contribution is 7.93. The molecule has 1 aromatic rings. The van der Waals surface area contributed by atoms with Gasteiger partial charge in [0.05, 0.1) is 10.8 Å². The summed E-state index contributed by atoms with van der Waals surface area (Å²) in [4.78, 5) is 11.5. The third kappa shape index (κ3) is 4.71. The van der Waals surface area contributed by atoms with Gasteiger partial charge in [-0.2, -0.15) is 17.5 Å². The lowest BCUT2D eigenvalue weighted by Crippen LogP contribution is -2.36. The maximum Gasteiger partial charge on any atom is 0.395 e. The Morgan fingerprint density at radius 2 is 1.93 bits per heavy atom. The van der Waals surface area contributed by atoms with Gasteiger partial charge >= 0.3 is 6.18 Å². The molecule has 0 saturated heterocycles. The van der Waals surface area contributed by atoms with Crippen LogP contribution < -0.4 is 5.48 Å². The maximum absolute atomic E-state index is 12.9. The molecule has 1 aromatic carbocycles. The van der Waals surface area contributed by atoms with Gasteiger partial charge in [0.2, 0.25) is 10.0 Å². The number of sulfonamides is 1. The molecule has 3 rings (SSSR count). The van der Waals surface area contributed by atoms with Crippen LogP contribution in [0.1, 0.15) is 34.3 Å². The van der Waals surface area contributed by atoms with Crippen LogP contribution >= 0.6 is 0 Å². The summed E-state index contributed by atoms with van der Waals surface area (Å²) < 4.78 is 65.5. The van der Waals surface area contributed by atoms with E-state index in [1.54, 1.807) is 23.7 Å². The normalized spacial score (nSPS) is 21.0. The van der Waals surface area contributed by atoms with Crippen LogP contribution in [0.3, 0.4) is 0 Å². The summed E-state index contributed by atoms with van der Waals surface area (Å²) in [6, 6.07) is 4.99. The third-order valence-electron chi connectivity index (χ3n) is 5.18. The Bertz CT molecular complexity index is 955. The number of fused-ring (bicyclic) bond motifs is 1. The second-order valence-electron chi connectivity index (χ2n) is 7.03. The number of aryl methyl sites for hydroxylation is 1. The number of hydrogen-bond acceptors (Lipinski definition) is 4. The maximum atomic E-state index is 12.9. The fourth-order valence-corrected chi connectivity index (χ4v) is 5.09. The second-order valence-corrected chi connectivity index (χ2v) is 8.97. The minimum absolute atomic E-state index is 0.118. The zero-order valence-corrected chi connectivity index (χ0v) is 16.3. The van der Waals surface area contributed by atoms with Gasteiger partial charge in [-0.25, -0.2) is 13.9 Å². The number of hydroxylamine groups is 1.